The highest BCUT2D eigenvalue weighted by Crippen LogP contribution is 2.35. The van der Waals surface area contributed by atoms with Crippen LogP contribution in [0.3, 0.4) is 0 Å². The van der Waals surface area contributed by atoms with E-state index in [9.17, 15) is 4.79 Å². The van der Waals surface area contributed by atoms with E-state index in [-0.39, 0.29) is 12.6 Å². The molecule has 1 unspecified atom stereocenters. The van der Waals surface area contributed by atoms with Gasteiger partial charge in [-0.05, 0) is 62.0 Å². The Morgan fingerprint density at radius 2 is 1.89 bits per heavy atom. The maximum absolute atomic E-state index is 11.1. The Kier molecular flexibility index (Phi) is 7.50. The van der Waals surface area contributed by atoms with Crippen molar-refractivity contribution in [2.24, 2.45) is 0 Å². The lowest BCUT2D eigenvalue weighted by molar-refractivity contribution is -0.139. The summed E-state index contributed by atoms with van der Waals surface area (Å²) in [7, 11) is 0. The SMILES string of the molecule is CSc1ccc(Sc2ccccc2OCC2CCCCN2CC(=O)O)cc1. The molecule has 0 amide bonds. The van der Waals surface area contributed by atoms with Crippen LogP contribution < -0.4 is 4.74 Å². The van der Waals surface area contributed by atoms with Crippen LogP contribution in [0.1, 0.15) is 19.3 Å². The normalized spacial score (nSPS) is 17.6. The molecule has 2 aromatic rings. The Balaban J connectivity index is 1.65. The van der Waals surface area contributed by atoms with Gasteiger partial charge < -0.3 is 9.84 Å². The predicted octanol–water partition coefficient (Wildman–Crippen LogP) is 4.88. The van der Waals surface area contributed by atoms with E-state index in [0.717, 1.165) is 36.5 Å². The van der Waals surface area contributed by atoms with Crippen LogP contribution in [-0.2, 0) is 4.79 Å². The third-order valence-electron chi connectivity index (χ3n) is 4.66. The largest absolute Gasteiger partial charge is 0.491 e. The summed E-state index contributed by atoms with van der Waals surface area (Å²) in [5, 5.41) is 9.13. The fourth-order valence-electron chi connectivity index (χ4n) is 3.24. The quantitative estimate of drug-likeness (QED) is 0.634. The minimum absolute atomic E-state index is 0.0895. The van der Waals surface area contributed by atoms with Crippen molar-refractivity contribution in [2.45, 2.75) is 40.0 Å². The topological polar surface area (TPSA) is 49.8 Å². The van der Waals surface area contributed by atoms with Gasteiger partial charge in [0, 0.05) is 15.8 Å². The summed E-state index contributed by atoms with van der Waals surface area (Å²) in [5.74, 6) is 0.0869. The standard InChI is InChI=1S/C21H25NO3S2/c1-26-17-9-11-18(12-10-17)27-20-8-3-2-7-19(20)25-15-16-6-4-5-13-22(16)14-21(23)24/h2-3,7-12,16H,4-6,13-15H2,1H3,(H,23,24). The van der Waals surface area contributed by atoms with E-state index >= 15 is 0 Å². The van der Waals surface area contributed by atoms with Gasteiger partial charge in [0.2, 0.25) is 0 Å². The number of hydrogen-bond acceptors (Lipinski definition) is 5. The first-order chi connectivity index (χ1) is 13.2. The Bertz CT molecular complexity index is 751. The number of piperidine rings is 1. The minimum atomic E-state index is -0.772. The number of nitrogens with zero attached hydrogens (tertiary/aromatic N) is 1. The Labute approximate surface area is 169 Å². The molecule has 144 valence electrons. The number of likely N-dealkylation sites (tertiary alicyclic amines) is 1. The summed E-state index contributed by atoms with van der Waals surface area (Å²) in [4.78, 5) is 16.6. The van der Waals surface area contributed by atoms with Crippen molar-refractivity contribution in [3.8, 4) is 5.75 Å². The molecule has 4 nitrogen and oxygen atoms in total. The first-order valence-corrected chi connectivity index (χ1v) is 11.2. The van der Waals surface area contributed by atoms with Crippen LogP contribution >= 0.6 is 23.5 Å². The third kappa shape index (κ3) is 5.92. The Morgan fingerprint density at radius 3 is 2.63 bits per heavy atom. The molecule has 0 saturated carbocycles. The van der Waals surface area contributed by atoms with Gasteiger partial charge in [0.15, 0.2) is 0 Å². The first-order valence-electron chi connectivity index (χ1n) is 9.15. The molecule has 1 heterocycles. The van der Waals surface area contributed by atoms with Gasteiger partial charge in [-0.2, -0.15) is 0 Å². The molecule has 0 aromatic heterocycles. The highest BCUT2D eigenvalue weighted by atomic mass is 32.2. The van der Waals surface area contributed by atoms with E-state index in [1.54, 1.807) is 23.5 Å². The lowest BCUT2D eigenvalue weighted by atomic mass is 10.0. The number of carbonyl (C=O) groups is 1. The zero-order chi connectivity index (χ0) is 19.1. The molecule has 1 atom stereocenters. The summed E-state index contributed by atoms with van der Waals surface area (Å²) < 4.78 is 6.15. The van der Waals surface area contributed by atoms with E-state index in [1.165, 1.54) is 9.79 Å². The average Bonchev–Trinajstić information content (AvgIpc) is 2.68. The number of ether oxygens (including phenoxy) is 1. The van der Waals surface area contributed by atoms with Gasteiger partial charge in [-0.3, -0.25) is 9.69 Å². The molecular formula is C21H25NO3S2. The predicted molar refractivity (Wildman–Crippen MR) is 111 cm³/mol. The second-order valence-electron chi connectivity index (χ2n) is 6.55. The van der Waals surface area contributed by atoms with Gasteiger partial charge in [0.05, 0.1) is 11.4 Å². The summed E-state index contributed by atoms with van der Waals surface area (Å²) in [6, 6.07) is 16.7. The second kappa shape index (κ2) is 10.1. The monoisotopic (exact) mass is 403 g/mol. The number of para-hydroxylation sites is 1. The van der Waals surface area contributed by atoms with E-state index in [4.69, 9.17) is 9.84 Å². The summed E-state index contributed by atoms with van der Waals surface area (Å²) in [5.41, 5.74) is 0. The lowest BCUT2D eigenvalue weighted by Crippen LogP contribution is -2.45. The Hall–Kier alpha value is -1.63. The summed E-state index contributed by atoms with van der Waals surface area (Å²) in [6.45, 7) is 1.45. The molecule has 27 heavy (non-hydrogen) atoms. The van der Waals surface area contributed by atoms with E-state index in [1.807, 2.05) is 23.1 Å². The highest BCUT2D eigenvalue weighted by molar-refractivity contribution is 7.99. The van der Waals surface area contributed by atoms with Gasteiger partial charge in [0.1, 0.15) is 12.4 Å². The van der Waals surface area contributed by atoms with Crippen molar-refractivity contribution in [1.82, 2.24) is 4.90 Å². The molecule has 1 aliphatic heterocycles. The average molecular weight is 404 g/mol. The number of hydrogen-bond donors (Lipinski definition) is 1. The zero-order valence-electron chi connectivity index (χ0n) is 15.5. The Morgan fingerprint density at radius 1 is 1.15 bits per heavy atom. The highest BCUT2D eigenvalue weighted by Gasteiger charge is 2.25. The van der Waals surface area contributed by atoms with Gasteiger partial charge in [0.25, 0.3) is 0 Å². The fourth-order valence-corrected chi connectivity index (χ4v) is 4.55. The second-order valence-corrected chi connectivity index (χ2v) is 8.54. The van der Waals surface area contributed by atoms with Crippen LogP contribution in [0.4, 0.5) is 0 Å². The molecule has 3 rings (SSSR count). The molecule has 1 aliphatic rings. The van der Waals surface area contributed by atoms with E-state index in [2.05, 4.69) is 36.6 Å². The van der Waals surface area contributed by atoms with Crippen LogP contribution in [0.25, 0.3) is 0 Å². The molecule has 0 radical (unpaired) electrons. The van der Waals surface area contributed by atoms with Crippen molar-refractivity contribution >= 4 is 29.5 Å². The van der Waals surface area contributed by atoms with E-state index in [0.29, 0.717) is 6.61 Å². The number of benzene rings is 2. The molecule has 0 spiro atoms. The van der Waals surface area contributed by atoms with Crippen molar-refractivity contribution in [1.29, 1.82) is 0 Å². The van der Waals surface area contributed by atoms with Gasteiger partial charge in [-0.25, -0.2) is 0 Å². The van der Waals surface area contributed by atoms with Crippen LogP contribution in [0.15, 0.2) is 63.2 Å². The first kappa shape index (κ1) is 20.1. The van der Waals surface area contributed by atoms with Crippen LogP contribution in [0.5, 0.6) is 5.75 Å². The number of rotatable bonds is 8. The molecule has 2 aromatic carbocycles. The third-order valence-corrected chi connectivity index (χ3v) is 6.46. The maximum Gasteiger partial charge on any atom is 0.317 e. The minimum Gasteiger partial charge on any atom is -0.491 e. The van der Waals surface area contributed by atoms with Crippen LogP contribution in [0.2, 0.25) is 0 Å². The smallest absolute Gasteiger partial charge is 0.317 e. The lowest BCUT2D eigenvalue weighted by Gasteiger charge is -2.34. The molecule has 0 bridgehead atoms. The van der Waals surface area contributed by atoms with Crippen molar-refractivity contribution < 1.29 is 14.6 Å². The number of carboxylic acid groups (broad SMARTS) is 1. The van der Waals surface area contributed by atoms with Crippen molar-refractivity contribution in [3.05, 3.63) is 48.5 Å². The van der Waals surface area contributed by atoms with Crippen molar-refractivity contribution in [2.75, 3.05) is 26.0 Å². The number of thioether (sulfide) groups is 1. The molecular weight excluding hydrogens is 378 g/mol. The summed E-state index contributed by atoms with van der Waals surface area (Å²) >= 11 is 3.42. The fraction of sp³-hybridized carbons (Fsp3) is 0.381. The molecule has 6 heteroatoms. The zero-order valence-corrected chi connectivity index (χ0v) is 17.1. The van der Waals surface area contributed by atoms with E-state index < -0.39 is 5.97 Å². The summed E-state index contributed by atoms with van der Waals surface area (Å²) in [6.07, 6.45) is 5.24. The van der Waals surface area contributed by atoms with Gasteiger partial charge >= 0.3 is 5.97 Å². The molecule has 1 N–H and O–H groups in total. The molecule has 0 aliphatic carbocycles. The number of carboxylic acids is 1. The van der Waals surface area contributed by atoms with Crippen LogP contribution in [-0.4, -0.2) is 48.0 Å². The maximum atomic E-state index is 11.1. The molecule has 1 saturated heterocycles. The van der Waals surface area contributed by atoms with Crippen molar-refractivity contribution in [3.63, 3.8) is 0 Å². The van der Waals surface area contributed by atoms with Crippen LogP contribution in [0, 0.1) is 0 Å². The molecule has 1 fully saturated rings. The van der Waals surface area contributed by atoms with Gasteiger partial charge in [-0.15, -0.1) is 11.8 Å². The number of aliphatic carboxylic acids is 1. The van der Waals surface area contributed by atoms with Gasteiger partial charge in [-0.1, -0.05) is 30.3 Å².